The highest BCUT2D eigenvalue weighted by atomic mass is 14.9. The molecule has 0 radical (unpaired) electrons. The fourth-order valence-corrected chi connectivity index (χ4v) is 2.83. The van der Waals surface area contributed by atoms with E-state index in [1.807, 2.05) is 12.1 Å². The molecule has 0 aliphatic carbocycles. The number of hydrogen-bond donors (Lipinski definition) is 2. The second-order valence-corrected chi connectivity index (χ2v) is 6.94. The van der Waals surface area contributed by atoms with E-state index >= 15 is 0 Å². The maximum absolute atomic E-state index is 3.54. The van der Waals surface area contributed by atoms with Crippen molar-refractivity contribution >= 4 is 11.4 Å². The Morgan fingerprint density at radius 3 is 1.86 bits per heavy atom. The van der Waals surface area contributed by atoms with Crippen molar-refractivity contribution in [3.63, 3.8) is 0 Å². The Labute approximate surface area is 135 Å². The molecule has 0 bridgehead atoms. The van der Waals surface area contributed by atoms with Gasteiger partial charge in [0.2, 0.25) is 0 Å². The zero-order valence-electron chi connectivity index (χ0n) is 14.0. The monoisotopic (exact) mass is 296 g/mol. The first-order valence-corrected chi connectivity index (χ1v) is 8.13. The second kappa shape index (κ2) is 7.88. The molecule has 2 aromatic carbocycles. The van der Waals surface area contributed by atoms with E-state index in [0.717, 1.165) is 13.1 Å². The molecule has 2 heteroatoms. The van der Waals surface area contributed by atoms with Crippen molar-refractivity contribution in [3.8, 4) is 0 Å². The molecule has 0 saturated heterocycles. The second-order valence-electron chi connectivity index (χ2n) is 6.94. The van der Waals surface area contributed by atoms with E-state index in [4.69, 9.17) is 0 Å². The average molecular weight is 296 g/mol. The molecule has 1 unspecified atom stereocenters. The zero-order valence-corrected chi connectivity index (χ0v) is 14.0. The van der Waals surface area contributed by atoms with Crippen LogP contribution in [0.2, 0.25) is 0 Å². The van der Waals surface area contributed by atoms with Crippen LogP contribution in [-0.4, -0.2) is 13.1 Å². The molecular formula is C20H28N2. The van der Waals surface area contributed by atoms with Crippen LogP contribution in [0, 0.1) is 11.3 Å². The summed E-state index contributed by atoms with van der Waals surface area (Å²) < 4.78 is 0. The van der Waals surface area contributed by atoms with Gasteiger partial charge in [0.25, 0.3) is 0 Å². The highest BCUT2D eigenvalue weighted by molar-refractivity contribution is 5.43. The van der Waals surface area contributed by atoms with Gasteiger partial charge in [-0.15, -0.1) is 0 Å². The lowest BCUT2D eigenvalue weighted by atomic mass is 9.83. The Kier molecular flexibility index (Phi) is 5.88. The Morgan fingerprint density at radius 1 is 0.818 bits per heavy atom. The summed E-state index contributed by atoms with van der Waals surface area (Å²) in [5, 5.41) is 7.06. The van der Waals surface area contributed by atoms with Gasteiger partial charge < -0.3 is 10.6 Å². The SMILES string of the molecule is CC(CNc1ccccc1)CC(C)(C)CNc1ccccc1. The van der Waals surface area contributed by atoms with Crippen LogP contribution in [0.25, 0.3) is 0 Å². The summed E-state index contributed by atoms with van der Waals surface area (Å²) in [6, 6.07) is 20.9. The first kappa shape index (κ1) is 16.4. The van der Waals surface area contributed by atoms with Crippen LogP contribution in [0.4, 0.5) is 11.4 Å². The van der Waals surface area contributed by atoms with E-state index < -0.39 is 0 Å². The molecule has 2 rings (SSSR count). The van der Waals surface area contributed by atoms with E-state index in [0.29, 0.717) is 5.92 Å². The van der Waals surface area contributed by atoms with E-state index in [-0.39, 0.29) is 5.41 Å². The van der Waals surface area contributed by atoms with Gasteiger partial charge >= 0.3 is 0 Å². The topological polar surface area (TPSA) is 24.1 Å². The van der Waals surface area contributed by atoms with Crippen LogP contribution in [-0.2, 0) is 0 Å². The van der Waals surface area contributed by atoms with E-state index in [2.05, 4.69) is 79.9 Å². The average Bonchev–Trinajstić information content (AvgIpc) is 2.53. The Hall–Kier alpha value is -1.96. The van der Waals surface area contributed by atoms with Crippen molar-refractivity contribution in [3.05, 3.63) is 60.7 Å². The Morgan fingerprint density at radius 2 is 1.32 bits per heavy atom. The fraction of sp³-hybridized carbons (Fsp3) is 0.400. The molecule has 2 N–H and O–H groups in total. The molecule has 0 fully saturated rings. The van der Waals surface area contributed by atoms with Gasteiger partial charge in [-0.3, -0.25) is 0 Å². The molecule has 0 aliphatic heterocycles. The Bertz CT molecular complexity index is 534. The number of anilines is 2. The summed E-state index contributed by atoms with van der Waals surface area (Å²) in [5.41, 5.74) is 2.67. The molecule has 0 aliphatic rings. The highest BCUT2D eigenvalue weighted by Gasteiger charge is 2.21. The summed E-state index contributed by atoms with van der Waals surface area (Å²) in [6.45, 7) is 9.00. The van der Waals surface area contributed by atoms with Gasteiger partial charge in [-0.1, -0.05) is 57.2 Å². The number of benzene rings is 2. The van der Waals surface area contributed by atoms with Gasteiger partial charge in [-0.25, -0.2) is 0 Å². The smallest absolute Gasteiger partial charge is 0.0340 e. The minimum atomic E-state index is 0.271. The van der Waals surface area contributed by atoms with Crippen molar-refractivity contribution < 1.29 is 0 Å². The number of nitrogens with one attached hydrogen (secondary N) is 2. The summed E-state index contributed by atoms with van der Waals surface area (Å²) >= 11 is 0. The summed E-state index contributed by atoms with van der Waals surface area (Å²) in [4.78, 5) is 0. The predicted octanol–water partition coefficient (Wildman–Crippen LogP) is 5.26. The van der Waals surface area contributed by atoms with Crippen molar-refractivity contribution in [2.45, 2.75) is 27.2 Å². The minimum Gasteiger partial charge on any atom is -0.385 e. The van der Waals surface area contributed by atoms with Gasteiger partial charge in [0, 0.05) is 24.5 Å². The lowest BCUT2D eigenvalue weighted by Gasteiger charge is -2.29. The van der Waals surface area contributed by atoms with Crippen molar-refractivity contribution in [1.29, 1.82) is 0 Å². The molecule has 2 aromatic rings. The van der Waals surface area contributed by atoms with Gasteiger partial charge in [-0.05, 0) is 42.0 Å². The van der Waals surface area contributed by atoms with Crippen LogP contribution in [0.1, 0.15) is 27.2 Å². The zero-order chi connectivity index (χ0) is 15.8. The van der Waals surface area contributed by atoms with Gasteiger partial charge in [0.1, 0.15) is 0 Å². The predicted molar refractivity (Wildman–Crippen MR) is 97.4 cm³/mol. The first-order valence-electron chi connectivity index (χ1n) is 8.13. The third-order valence-electron chi connectivity index (χ3n) is 3.87. The van der Waals surface area contributed by atoms with Crippen LogP contribution in [0.15, 0.2) is 60.7 Å². The number of rotatable bonds is 8. The molecule has 22 heavy (non-hydrogen) atoms. The Balaban J connectivity index is 1.75. The molecule has 1 atom stereocenters. The molecule has 0 saturated carbocycles. The maximum atomic E-state index is 3.54. The number of para-hydroxylation sites is 2. The van der Waals surface area contributed by atoms with E-state index in [1.165, 1.54) is 17.8 Å². The quantitative estimate of drug-likeness (QED) is 0.694. The van der Waals surface area contributed by atoms with Crippen LogP contribution >= 0.6 is 0 Å². The fourth-order valence-electron chi connectivity index (χ4n) is 2.83. The molecule has 2 nitrogen and oxygen atoms in total. The third kappa shape index (κ3) is 5.80. The van der Waals surface area contributed by atoms with Crippen molar-refractivity contribution in [1.82, 2.24) is 0 Å². The van der Waals surface area contributed by atoms with E-state index in [1.54, 1.807) is 0 Å². The van der Waals surface area contributed by atoms with Crippen LogP contribution < -0.4 is 10.6 Å². The van der Waals surface area contributed by atoms with Gasteiger partial charge in [0.05, 0.1) is 0 Å². The minimum absolute atomic E-state index is 0.271. The summed E-state index contributed by atoms with van der Waals surface area (Å²) in [7, 11) is 0. The van der Waals surface area contributed by atoms with Crippen molar-refractivity contribution in [2.24, 2.45) is 11.3 Å². The van der Waals surface area contributed by atoms with Crippen LogP contribution in [0.3, 0.4) is 0 Å². The molecule has 0 amide bonds. The first-order chi connectivity index (χ1) is 10.6. The molecule has 118 valence electrons. The third-order valence-corrected chi connectivity index (χ3v) is 3.87. The molecule has 0 heterocycles. The standard InChI is InChI=1S/C20H28N2/c1-17(15-21-18-10-6-4-7-11-18)14-20(2,3)16-22-19-12-8-5-9-13-19/h4-13,17,21-22H,14-16H2,1-3H3. The number of hydrogen-bond acceptors (Lipinski definition) is 2. The highest BCUT2D eigenvalue weighted by Crippen LogP contribution is 2.26. The normalized spacial score (nSPS) is 12.7. The lowest BCUT2D eigenvalue weighted by molar-refractivity contribution is 0.301. The maximum Gasteiger partial charge on any atom is 0.0340 e. The summed E-state index contributed by atoms with van der Waals surface area (Å²) in [5.74, 6) is 0.632. The lowest BCUT2D eigenvalue weighted by Crippen LogP contribution is -2.27. The van der Waals surface area contributed by atoms with Gasteiger partial charge in [-0.2, -0.15) is 0 Å². The van der Waals surface area contributed by atoms with Gasteiger partial charge in [0.15, 0.2) is 0 Å². The molecular weight excluding hydrogens is 268 g/mol. The van der Waals surface area contributed by atoms with Crippen LogP contribution in [0.5, 0.6) is 0 Å². The molecule has 0 spiro atoms. The molecule has 0 aromatic heterocycles. The van der Waals surface area contributed by atoms with E-state index in [9.17, 15) is 0 Å². The largest absolute Gasteiger partial charge is 0.385 e. The summed E-state index contributed by atoms with van der Waals surface area (Å²) in [6.07, 6.45) is 1.19. The van der Waals surface area contributed by atoms with Crippen molar-refractivity contribution in [2.75, 3.05) is 23.7 Å².